The van der Waals surface area contributed by atoms with Crippen molar-refractivity contribution in [2.24, 2.45) is 0 Å². The van der Waals surface area contributed by atoms with Crippen LogP contribution in [0.2, 0.25) is 0 Å². The van der Waals surface area contributed by atoms with E-state index < -0.39 is 5.82 Å². The van der Waals surface area contributed by atoms with Gasteiger partial charge in [-0.15, -0.1) is 12.6 Å². The van der Waals surface area contributed by atoms with Crippen LogP contribution in [0.3, 0.4) is 0 Å². The summed E-state index contributed by atoms with van der Waals surface area (Å²) in [6.07, 6.45) is 4.54. The van der Waals surface area contributed by atoms with Gasteiger partial charge in [0.15, 0.2) is 0 Å². The van der Waals surface area contributed by atoms with Crippen molar-refractivity contribution in [3.05, 3.63) is 29.6 Å². The summed E-state index contributed by atoms with van der Waals surface area (Å²) < 4.78 is 13.2. The van der Waals surface area contributed by atoms with E-state index in [-0.39, 0.29) is 16.8 Å². The van der Waals surface area contributed by atoms with Crippen LogP contribution >= 0.6 is 12.6 Å². The molecule has 0 radical (unpaired) electrons. The third-order valence-electron chi connectivity index (χ3n) is 4.36. The molecule has 3 nitrogen and oxygen atoms in total. The van der Waals surface area contributed by atoms with E-state index in [9.17, 15) is 9.18 Å². The van der Waals surface area contributed by atoms with Crippen LogP contribution in [0.25, 0.3) is 0 Å². The molecule has 0 aromatic heterocycles. The monoisotopic (exact) mass is 294 g/mol. The second-order valence-electron chi connectivity index (χ2n) is 5.69. The predicted octanol–water partition coefficient (Wildman–Crippen LogP) is 2.47. The Labute approximate surface area is 123 Å². The van der Waals surface area contributed by atoms with Gasteiger partial charge in [-0.3, -0.25) is 4.79 Å². The van der Waals surface area contributed by atoms with Crippen molar-refractivity contribution >= 4 is 18.5 Å². The number of amides is 1. The Morgan fingerprint density at radius 3 is 3.00 bits per heavy atom. The molecule has 2 heterocycles. The number of piperidine rings is 1. The minimum atomic E-state index is -0.399. The lowest BCUT2D eigenvalue weighted by atomic mass is 9.97. The molecule has 2 unspecified atom stereocenters. The highest BCUT2D eigenvalue weighted by Gasteiger charge is 2.32. The molecule has 5 heteroatoms. The van der Waals surface area contributed by atoms with Gasteiger partial charge >= 0.3 is 0 Å². The van der Waals surface area contributed by atoms with Crippen molar-refractivity contribution in [1.29, 1.82) is 0 Å². The normalized spacial score (nSPS) is 26.3. The van der Waals surface area contributed by atoms with Gasteiger partial charge in [0.25, 0.3) is 5.91 Å². The van der Waals surface area contributed by atoms with Gasteiger partial charge in [-0.05, 0) is 50.4 Å². The van der Waals surface area contributed by atoms with Crippen LogP contribution < -0.4 is 5.32 Å². The SMILES string of the molecule is O=C(NC1CCN2CCCC2C1)c1ccc(F)c(S)c1. The van der Waals surface area contributed by atoms with Crippen molar-refractivity contribution in [3.63, 3.8) is 0 Å². The van der Waals surface area contributed by atoms with E-state index in [1.54, 1.807) is 0 Å². The summed E-state index contributed by atoms with van der Waals surface area (Å²) in [6, 6.07) is 5.14. The summed E-state index contributed by atoms with van der Waals surface area (Å²) in [5.74, 6) is -0.527. The third kappa shape index (κ3) is 2.83. The van der Waals surface area contributed by atoms with Crippen molar-refractivity contribution in [2.75, 3.05) is 13.1 Å². The molecule has 2 saturated heterocycles. The minimum absolute atomic E-state index is 0.128. The highest BCUT2D eigenvalue weighted by atomic mass is 32.1. The Morgan fingerprint density at radius 2 is 2.20 bits per heavy atom. The van der Waals surface area contributed by atoms with Gasteiger partial charge in [-0.1, -0.05) is 0 Å². The largest absolute Gasteiger partial charge is 0.349 e. The number of carbonyl (C=O) groups is 1. The maximum absolute atomic E-state index is 13.2. The summed E-state index contributed by atoms with van der Waals surface area (Å²) >= 11 is 4.02. The van der Waals surface area contributed by atoms with Crippen LogP contribution in [-0.4, -0.2) is 36.0 Å². The highest BCUT2D eigenvalue weighted by molar-refractivity contribution is 7.80. The number of rotatable bonds is 2. The predicted molar refractivity (Wildman–Crippen MR) is 78.7 cm³/mol. The summed E-state index contributed by atoms with van der Waals surface area (Å²) in [5.41, 5.74) is 0.477. The molecular formula is C15H19FN2OS. The third-order valence-corrected chi connectivity index (χ3v) is 4.71. The maximum atomic E-state index is 13.2. The van der Waals surface area contributed by atoms with Crippen LogP contribution in [0.15, 0.2) is 23.1 Å². The van der Waals surface area contributed by atoms with Crippen LogP contribution in [0, 0.1) is 5.82 Å². The van der Waals surface area contributed by atoms with Crippen molar-refractivity contribution in [1.82, 2.24) is 10.2 Å². The van der Waals surface area contributed by atoms with Crippen LogP contribution in [0.1, 0.15) is 36.0 Å². The number of hydrogen-bond acceptors (Lipinski definition) is 3. The first kappa shape index (κ1) is 13.9. The topological polar surface area (TPSA) is 32.3 Å². The molecule has 2 atom stereocenters. The molecular weight excluding hydrogens is 275 g/mol. The Morgan fingerprint density at radius 1 is 1.35 bits per heavy atom. The van der Waals surface area contributed by atoms with Crippen LogP contribution in [0.4, 0.5) is 4.39 Å². The molecule has 1 N–H and O–H groups in total. The molecule has 0 saturated carbocycles. The minimum Gasteiger partial charge on any atom is -0.349 e. The lowest BCUT2D eigenvalue weighted by Gasteiger charge is -2.35. The molecule has 2 aliphatic rings. The van der Waals surface area contributed by atoms with Crippen molar-refractivity contribution in [2.45, 2.75) is 42.7 Å². The van der Waals surface area contributed by atoms with E-state index in [1.165, 1.54) is 37.6 Å². The number of carbonyl (C=O) groups excluding carboxylic acids is 1. The molecule has 3 rings (SSSR count). The molecule has 1 aromatic carbocycles. The second kappa shape index (κ2) is 5.74. The molecule has 2 aliphatic heterocycles. The van der Waals surface area contributed by atoms with E-state index in [1.807, 2.05) is 0 Å². The molecule has 0 aliphatic carbocycles. The van der Waals surface area contributed by atoms with Crippen LogP contribution in [-0.2, 0) is 0 Å². The molecule has 0 bridgehead atoms. The summed E-state index contributed by atoms with van der Waals surface area (Å²) in [7, 11) is 0. The van der Waals surface area contributed by atoms with Gasteiger partial charge in [0, 0.05) is 29.1 Å². The van der Waals surface area contributed by atoms with E-state index >= 15 is 0 Å². The Kier molecular flexibility index (Phi) is 3.98. The van der Waals surface area contributed by atoms with Crippen molar-refractivity contribution < 1.29 is 9.18 Å². The fraction of sp³-hybridized carbons (Fsp3) is 0.533. The Bertz CT molecular complexity index is 523. The zero-order chi connectivity index (χ0) is 14.1. The van der Waals surface area contributed by atoms with E-state index in [0.29, 0.717) is 11.6 Å². The molecule has 1 amide bonds. The quantitative estimate of drug-likeness (QED) is 0.821. The first-order valence-corrected chi connectivity index (χ1v) is 7.61. The number of benzene rings is 1. The van der Waals surface area contributed by atoms with E-state index in [4.69, 9.17) is 0 Å². The maximum Gasteiger partial charge on any atom is 0.251 e. The lowest BCUT2D eigenvalue weighted by molar-refractivity contribution is 0.0896. The summed E-state index contributed by atoms with van der Waals surface area (Å²) in [4.78, 5) is 14.9. The fourth-order valence-corrected chi connectivity index (χ4v) is 3.49. The first-order chi connectivity index (χ1) is 9.63. The van der Waals surface area contributed by atoms with Gasteiger partial charge in [0.05, 0.1) is 0 Å². The standard InChI is InChI=1S/C15H19FN2OS/c16-13-4-3-10(8-14(13)20)15(19)17-11-5-7-18-6-1-2-12(18)9-11/h3-4,8,11-12,20H,1-2,5-7,9H2,(H,17,19). The van der Waals surface area contributed by atoms with Gasteiger partial charge < -0.3 is 10.2 Å². The molecule has 1 aromatic rings. The zero-order valence-corrected chi connectivity index (χ0v) is 12.2. The Hall–Kier alpha value is -1.07. The zero-order valence-electron chi connectivity index (χ0n) is 11.3. The average Bonchev–Trinajstić information content (AvgIpc) is 2.89. The second-order valence-corrected chi connectivity index (χ2v) is 6.17. The summed E-state index contributed by atoms with van der Waals surface area (Å²) in [6.45, 7) is 2.27. The molecule has 20 heavy (non-hydrogen) atoms. The van der Waals surface area contributed by atoms with Gasteiger partial charge in [0.2, 0.25) is 0 Å². The molecule has 0 spiro atoms. The highest BCUT2D eigenvalue weighted by Crippen LogP contribution is 2.27. The Balaban J connectivity index is 1.62. The van der Waals surface area contributed by atoms with Crippen LogP contribution in [0.5, 0.6) is 0 Å². The van der Waals surface area contributed by atoms with Gasteiger partial charge in [-0.2, -0.15) is 0 Å². The molecule has 2 fully saturated rings. The van der Waals surface area contributed by atoms with Gasteiger partial charge in [-0.25, -0.2) is 4.39 Å². The smallest absolute Gasteiger partial charge is 0.251 e. The van der Waals surface area contributed by atoms with Gasteiger partial charge in [0.1, 0.15) is 5.82 Å². The fourth-order valence-electron chi connectivity index (χ4n) is 3.28. The number of nitrogens with one attached hydrogen (secondary N) is 1. The number of fused-ring (bicyclic) bond motifs is 1. The first-order valence-electron chi connectivity index (χ1n) is 7.17. The average molecular weight is 294 g/mol. The number of halogens is 1. The lowest BCUT2D eigenvalue weighted by Crippen LogP contribution is -2.47. The molecule has 108 valence electrons. The van der Waals surface area contributed by atoms with E-state index in [0.717, 1.165) is 19.4 Å². The number of nitrogens with zero attached hydrogens (tertiary/aromatic N) is 1. The number of hydrogen-bond donors (Lipinski definition) is 2. The van der Waals surface area contributed by atoms with Crippen molar-refractivity contribution in [3.8, 4) is 0 Å². The number of thiol groups is 1. The summed E-state index contributed by atoms with van der Waals surface area (Å²) in [5, 5.41) is 3.07. The van der Waals surface area contributed by atoms with E-state index in [2.05, 4.69) is 22.8 Å².